The number of hydrogen-bond acceptors (Lipinski definition) is 3. The van der Waals surface area contributed by atoms with Crippen LogP contribution in [-0.4, -0.2) is 16.9 Å². The van der Waals surface area contributed by atoms with E-state index in [4.69, 9.17) is 5.26 Å². The fourth-order valence-electron chi connectivity index (χ4n) is 5.19. The van der Waals surface area contributed by atoms with E-state index in [1.165, 1.54) is 32.1 Å². The van der Waals surface area contributed by atoms with Crippen LogP contribution in [0.15, 0.2) is 12.1 Å². The summed E-state index contributed by atoms with van der Waals surface area (Å²) in [7, 11) is 0. The Morgan fingerprint density at radius 1 is 1.18 bits per heavy atom. The third-order valence-corrected chi connectivity index (χ3v) is 5.96. The molecule has 4 nitrogen and oxygen atoms in total. The van der Waals surface area contributed by atoms with Gasteiger partial charge >= 0.3 is 0 Å². The van der Waals surface area contributed by atoms with Crippen LogP contribution < -0.4 is 5.32 Å². The molecule has 4 aliphatic carbocycles. The zero-order chi connectivity index (χ0) is 15.3. The highest BCUT2D eigenvalue weighted by Gasteiger charge is 2.48. The van der Waals surface area contributed by atoms with Gasteiger partial charge in [0.15, 0.2) is 0 Å². The molecule has 1 aromatic heterocycles. The van der Waals surface area contributed by atoms with Crippen LogP contribution in [0.5, 0.6) is 0 Å². The van der Waals surface area contributed by atoms with Crippen molar-refractivity contribution in [1.29, 1.82) is 5.26 Å². The highest BCUT2D eigenvalue weighted by atomic mass is 16.1. The number of rotatable bonds is 2. The Morgan fingerprint density at radius 3 is 2.36 bits per heavy atom. The molecule has 4 saturated carbocycles. The summed E-state index contributed by atoms with van der Waals surface area (Å²) in [6.07, 6.45) is 6.58. The molecular formula is C18H21N3O. The molecule has 5 rings (SSSR count). The number of amides is 1. The Morgan fingerprint density at radius 2 is 1.82 bits per heavy atom. The molecule has 4 fully saturated rings. The minimum Gasteiger partial charge on any atom is -0.347 e. The fraction of sp³-hybridized carbons (Fsp3) is 0.611. The van der Waals surface area contributed by atoms with Crippen molar-refractivity contribution in [1.82, 2.24) is 10.3 Å². The summed E-state index contributed by atoms with van der Waals surface area (Å²) in [6, 6.07) is 5.77. The van der Waals surface area contributed by atoms with Crippen LogP contribution in [0, 0.1) is 41.9 Å². The third kappa shape index (κ3) is 2.20. The number of nitrogens with one attached hydrogen (secondary N) is 1. The summed E-state index contributed by atoms with van der Waals surface area (Å²) in [4.78, 5) is 16.8. The van der Waals surface area contributed by atoms with E-state index in [1.807, 2.05) is 0 Å². The number of aryl methyl sites for hydroxylation is 1. The number of carbonyl (C=O) groups is 1. The van der Waals surface area contributed by atoms with Crippen molar-refractivity contribution in [3.8, 4) is 6.07 Å². The molecule has 4 heteroatoms. The average Bonchev–Trinajstić information content (AvgIpc) is 2.50. The summed E-state index contributed by atoms with van der Waals surface area (Å²) in [5, 5.41) is 12.2. The van der Waals surface area contributed by atoms with Gasteiger partial charge in [0.05, 0.1) is 11.3 Å². The zero-order valence-corrected chi connectivity index (χ0v) is 12.9. The molecule has 1 aromatic rings. The first-order chi connectivity index (χ1) is 10.6. The topological polar surface area (TPSA) is 65.8 Å². The van der Waals surface area contributed by atoms with E-state index in [9.17, 15) is 4.79 Å². The first-order valence-corrected chi connectivity index (χ1v) is 8.32. The lowest BCUT2D eigenvalue weighted by Crippen LogP contribution is -2.55. The van der Waals surface area contributed by atoms with Crippen LogP contribution in [0.2, 0.25) is 0 Å². The van der Waals surface area contributed by atoms with Gasteiger partial charge in [0, 0.05) is 6.04 Å². The van der Waals surface area contributed by atoms with Crippen molar-refractivity contribution < 1.29 is 4.79 Å². The van der Waals surface area contributed by atoms with Crippen molar-refractivity contribution in [2.75, 3.05) is 0 Å². The SMILES string of the molecule is Cc1nc(C(=O)NC2C3CC4CC(C3)CC2C4)ccc1C#N. The molecule has 4 bridgehead atoms. The van der Waals surface area contributed by atoms with Gasteiger partial charge in [-0.3, -0.25) is 4.79 Å². The first-order valence-electron chi connectivity index (χ1n) is 8.32. The van der Waals surface area contributed by atoms with Crippen LogP contribution >= 0.6 is 0 Å². The second kappa shape index (κ2) is 5.08. The Hall–Kier alpha value is -1.89. The van der Waals surface area contributed by atoms with E-state index in [-0.39, 0.29) is 5.91 Å². The van der Waals surface area contributed by atoms with E-state index in [1.54, 1.807) is 19.1 Å². The molecule has 1 heterocycles. The lowest BCUT2D eigenvalue weighted by atomic mass is 9.54. The van der Waals surface area contributed by atoms with Crippen LogP contribution in [0.25, 0.3) is 0 Å². The molecule has 0 unspecified atom stereocenters. The molecule has 0 atom stereocenters. The highest BCUT2D eigenvalue weighted by Crippen LogP contribution is 2.53. The van der Waals surface area contributed by atoms with E-state index in [2.05, 4.69) is 16.4 Å². The van der Waals surface area contributed by atoms with Gasteiger partial charge in [-0.15, -0.1) is 0 Å². The normalized spacial score (nSPS) is 35.2. The molecule has 114 valence electrons. The van der Waals surface area contributed by atoms with E-state index in [0.717, 1.165) is 11.8 Å². The Labute approximate surface area is 130 Å². The molecule has 0 aliphatic heterocycles. The molecule has 0 spiro atoms. The molecule has 0 saturated heterocycles. The van der Waals surface area contributed by atoms with Crippen LogP contribution in [0.3, 0.4) is 0 Å². The predicted molar refractivity (Wildman–Crippen MR) is 82.0 cm³/mol. The maximum absolute atomic E-state index is 12.5. The standard InChI is InChI=1S/C18H21N3O/c1-10-13(9-19)2-3-16(20-10)18(22)21-17-14-5-11-4-12(7-14)8-15(17)6-11/h2-3,11-12,14-15,17H,4-8H2,1H3,(H,21,22). The highest BCUT2D eigenvalue weighted by molar-refractivity contribution is 5.92. The molecule has 0 radical (unpaired) electrons. The minimum atomic E-state index is -0.0786. The van der Waals surface area contributed by atoms with Gasteiger partial charge < -0.3 is 5.32 Å². The van der Waals surface area contributed by atoms with Gasteiger partial charge in [0.2, 0.25) is 0 Å². The van der Waals surface area contributed by atoms with Crippen LogP contribution in [0.4, 0.5) is 0 Å². The minimum absolute atomic E-state index is 0.0786. The number of carbonyl (C=O) groups excluding carboxylic acids is 1. The fourth-order valence-corrected chi connectivity index (χ4v) is 5.19. The molecule has 1 amide bonds. The van der Waals surface area contributed by atoms with Crippen molar-refractivity contribution in [3.63, 3.8) is 0 Å². The Balaban J connectivity index is 1.50. The maximum Gasteiger partial charge on any atom is 0.270 e. The first kappa shape index (κ1) is 13.8. The van der Waals surface area contributed by atoms with Crippen molar-refractivity contribution >= 4 is 5.91 Å². The third-order valence-electron chi connectivity index (χ3n) is 5.96. The van der Waals surface area contributed by atoms with Crippen molar-refractivity contribution in [2.24, 2.45) is 23.7 Å². The van der Waals surface area contributed by atoms with Gasteiger partial charge in [-0.05, 0) is 74.8 Å². The Kier molecular flexibility index (Phi) is 3.18. The van der Waals surface area contributed by atoms with Gasteiger partial charge in [0.25, 0.3) is 5.91 Å². The number of aromatic nitrogens is 1. The van der Waals surface area contributed by atoms with E-state index >= 15 is 0 Å². The summed E-state index contributed by atoms with van der Waals surface area (Å²) >= 11 is 0. The summed E-state index contributed by atoms with van der Waals surface area (Å²) in [5.74, 6) is 3.07. The van der Waals surface area contributed by atoms with Gasteiger partial charge in [0.1, 0.15) is 11.8 Å². The summed E-state index contributed by atoms with van der Waals surface area (Å²) in [5.41, 5.74) is 1.59. The lowest BCUT2D eigenvalue weighted by molar-refractivity contribution is -0.0120. The summed E-state index contributed by atoms with van der Waals surface area (Å²) in [6.45, 7) is 1.78. The zero-order valence-electron chi connectivity index (χ0n) is 12.9. The molecule has 4 aliphatic rings. The smallest absolute Gasteiger partial charge is 0.270 e. The number of hydrogen-bond donors (Lipinski definition) is 1. The van der Waals surface area contributed by atoms with Gasteiger partial charge in [-0.1, -0.05) is 0 Å². The number of nitriles is 1. The maximum atomic E-state index is 12.5. The average molecular weight is 295 g/mol. The molecule has 0 aromatic carbocycles. The number of pyridine rings is 1. The number of nitrogens with zero attached hydrogens (tertiary/aromatic N) is 2. The van der Waals surface area contributed by atoms with Gasteiger partial charge in [-0.2, -0.15) is 5.26 Å². The second-order valence-corrected chi connectivity index (χ2v) is 7.37. The Bertz CT molecular complexity index is 633. The van der Waals surface area contributed by atoms with Crippen molar-refractivity contribution in [2.45, 2.75) is 45.1 Å². The van der Waals surface area contributed by atoms with Crippen molar-refractivity contribution in [3.05, 3.63) is 29.1 Å². The van der Waals surface area contributed by atoms with E-state index < -0.39 is 0 Å². The van der Waals surface area contributed by atoms with E-state index in [0.29, 0.717) is 34.8 Å². The van der Waals surface area contributed by atoms with Crippen LogP contribution in [-0.2, 0) is 0 Å². The lowest BCUT2D eigenvalue weighted by Gasteiger charge is -2.54. The largest absolute Gasteiger partial charge is 0.347 e. The quantitative estimate of drug-likeness (QED) is 0.912. The molecule has 1 N–H and O–H groups in total. The molecule has 22 heavy (non-hydrogen) atoms. The monoisotopic (exact) mass is 295 g/mol. The summed E-state index contributed by atoms with van der Waals surface area (Å²) < 4.78 is 0. The predicted octanol–water partition coefficient (Wildman–Crippen LogP) is 2.82. The van der Waals surface area contributed by atoms with Crippen LogP contribution in [0.1, 0.15) is 53.8 Å². The van der Waals surface area contributed by atoms with Gasteiger partial charge in [-0.25, -0.2) is 4.98 Å². The molecular weight excluding hydrogens is 274 g/mol. The second-order valence-electron chi connectivity index (χ2n) is 7.37.